The molecule has 2 aromatic heterocycles. The second kappa shape index (κ2) is 11.2. The number of rotatable bonds is 7. The van der Waals surface area contributed by atoms with E-state index in [4.69, 9.17) is 28.2 Å². The normalized spacial score (nSPS) is 15.1. The number of quaternary nitrogens is 1. The van der Waals surface area contributed by atoms with Crippen molar-refractivity contribution < 1.29 is 4.90 Å². The number of nitrogens with zero attached hydrogens (tertiary/aromatic N) is 2. The van der Waals surface area contributed by atoms with Crippen LogP contribution in [0.25, 0.3) is 10.2 Å². The Hall–Kier alpha value is -2.61. The average Bonchev–Trinajstić information content (AvgIpc) is 3.30. The first kappa shape index (κ1) is 25.7. The predicted octanol–water partition coefficient (Wildman–Crippen LogP) is 6.25. The van der Waals surface area contributed by atoms with Crippen molar-refractivity contribution in [3.05, 3.63) is 126 Å². The molecule has 1 N–H and O–H groups in total. The molecule has 1 aliphatic heterocycles. The van der Waals surface area contributed by atoms with E-state index in [-0.39, 0.29) is 5.56 Å². The van der Waals surface area contributed by atoms with E-state index in [0.29, 0.717) is 22.3 Å². The third-order valence-electron chi connectivity index (χ3n) is 6.93. The number of halogens is 2. The van der Waals surface area contributed by atoms with Crippen molar-refractivity contribution in [3.63, 3.8) is 0 Å². The Bertz CT molecular complexity index is 1650. The molecule has 6 rings (SSSR count). The van der Waals surface area contributed by atoms with Crippen molar-refractivity contribution in [2.24, 2.45) is 0 Å². The Morgan fingerprint density at radius 3 is 2.39 bits per heavy atom. The molecule has 38 heavy (non-hydrogen) atoms. The number of hydrogen-bond donors (Lipinski definition) is 1. The monoisotopic (exact) mass is 578 g/mol. The first-order valence-electron chi connectivity index (χ1n) is 12.6. The van der Waals surface area contributed by atoms with Crippen molar-refractivity contribution >= 4 is 56.5 Å². The molecule has 0 bridgehead atoms. The minimum atomic E-state index is 0.0551. The second-order valence-corrected chi connectivity index (χ2v) is 12.4. The minimum Gasteiger partial charge on any atom is -0.326 e. The Morgan fingerprint density at radius 2 is 1.66 bits per heavy atom. The van der Waals surface area contributed by atoms with Gasteiger partial charge in [-0.15, -0.1) is 11.3 Å². The number of thioether (sulfide) groups is 1. The third kappa shape index (κ3) is 5.42. The fourth-order valence-corrected chi connectivity index (χ4v) is 7.61. The molecule has 8 heteroatoms. The number of hydrogen-bond acceptors (Lipinski definition) is 4. The molecule has 1 unspecified atom stereocenters. The Kier molecular flexibility index (Phi) is 7.59. The standard InChI is InChI=1S/C30H25Cl2N3OS2/c31-24-12-11-22(15-25(24)32)19-37-30-33-28-27(29(36)35(30)17-21-9-5-2-6-10-21)23-13-14-34(18-26(23)38-28)16-20-7-3-1-4-8-20/h1-12,15H,13-14,16-19H2/p+1. The molecule has 0 fully saturated rings. The molecule has 192 valence electrons. The minimum absolute atomic E-state index is 0.0551. The first-order valence-corrected chi connectivity index (χ1v) is 15.1. The molecule has 0 radical (unpaired) electrons. The van der Waals surface area contributed by atoms with Crippen molar-refractivity contribution in [1.29, 1.82) is 0 Å². The Morgan fingerprint density at radius 1 is 0.921 bits per heavy atom. The van der Waals surface area contributed by atoms with Crippen molar-refractivity contribution in [2.75, 3.05) is 6.54 Å². The average molecular weight is 580 g/mol. The van der Waals surface area contributed by atoms with Crippen LogP contribution in [0.4, 0.5) is 0 Å². The lowest BCUT2D eigenvalue weighted by Crippen LogP contribution is -3.10. The van der Waals surface area contributed by atoms with Gasteiger partial charge in [-0.25, -0.2) is 4.98 Å². The zero-order chi connectivity index (χ0) is 26.1. The van der Waals surface area contributed by atoms with Gasteiger partial charge < -0.3 is 4.90 Å². The molecule has 0 aliphatic carbocycles. The molecule has 3 heterocycles. The van der Waals surface area contributed by atoms with E-state index in [1.54, 1.807) is 23.1 Å². The molecule has 0 amide bonds. The summed E-state index contributed by atoms with van der Waals surface area (Å²) in [6, 6.07) is 26.4. The maximum Gasteiger partial charge on any atom is 0.263 e. The van der Waals surface area contributed by atoms with E-state index in [0.717, 1.165) is 52.6 Å². The van der Waals surface area contributed by atoms with E-state index in [2.05, 4.69) is 42.5 Å². The van der Waals surface area contributed by atoms with Crippen LogP contribution in [-0.2, 0) is 31.8 Å². The van der Waals surface area contributed by atoms with Gasteiger partial charge >= 0.3 is 0 Å². The van der Waals surface area contributed by atoms with E-state index in [9.17, 15) is 4.79 Å². The summed E-state index contributed by atoms with van der Waals surface area (Å²) in [5.74, 6) is 0.643. The summed E-state index contributed by atoms with van der Waals surface area (Å²) in [7, 11) is 0. The summed E-state index contributed by atoms with van der Waals surface area (Å²) in [4.78, 5) is 22.8. The molecule has 0 saturated carbocycles. The fourth-order valence-electron chi connectivity index (χ4n) is 5.02. The van der Waals surface area contributed by atoms with Crippen LogP contribution in [0, 0.1) is 0 Å². The summed E-state index contributed by atoms with van der Waals surface area (Å²) < 4.78 is 1.84. The number of fused-ring (bicyclic) bond motifs is 3. The highest BCUT2D eigenvalue weighted by Gasteiger charge is 2.27. The van der Waals surface area contributed by atoms with Gasteiger partial charge in [0.05, 0.1) is 33.4 Å². The molecule has 3 aromatic carbocycles. The molecule has 0 spiro atoms. The summed E-state index contributed by atoms with van der Waals surface area (Å²) in [5, 5.41) is 2.60. The zero-order valence-electron chi connectivity index (χ0n) is 20.6. The van der Waals surface area contributed by atoms with Crippen LogP contribution in [0.5, 0.6) is 0 Å². The van der Waals surface area contributed by atoms with Crippen LogP contribution >= 0.6 is 46.3 Å². The van der Waals surface area contributed by atoms with Crippen molar-refractivity contribution in [2.45, 2.75) is 37.0 Å². The Balaban J connectivity index is 1.35. The summed E-state index contributed by atoms with van der Waals surface area (Å²) in [6.45, 7) is 3.42. The number of thiophene rings is 1. The van der Waals surface area contributed by atoms with Gasteiger partial charge in [-0.1, -0.05) is 102 Å². The quantitative estimate of drug-likeness (QED) is 0.183. The lowest BCUT2D eigenvalue weighted by Gasteiger charge is -2.24. The number of benzene rings is 3. The van der Waals surface area contributed by atoms with Gasteiger partial charge in [-0.2, -0.15) is 0 Å². The summed E-state index contributed by atoms with van der Waals surface area (Å²) in [6.07, 6.45) is 0.898. The highest BCUT2D eigenvalue weighted by Crippen LogP contribution is 2.32. The first-order chi connectivity index (χ1) is 18.5. The van der Waals surface area contributed by atoms with Crippen LogP contribution in [0.15, 0.2) is 88.8 Å². The Labute approximate surface area is 239 Å². The van der Waals surface area contributed by atoms with E-state index >= 15 is 0 Å². The van der Waals surface area contributed by atoms with Crippen LogP contribution in [-0.4, -0.2) is 16.1 Å². The second-order valence-electron chi connectivity index (χ2n) is 9.58. The van der Waals surface area contributed by atoms with Crippen LogP contribution < -0.4 is 10.5 Å². The van der Waals surface area contributed by atoms with Crippen LogP contribution in [0.1, 0.15) is 27.1 Å². The maximum absolute atomic E-state index is 14.0. The van der Waals surface area contributed by atoms with Gasteiger partial charge in [0.25, 0.3) is 5.56 Å². The topological polar surface area (TPSA) is 39.3 Å². The lowest BCUT2D eigenvalue weighted by atomic mass is 10.0. The highest BCUT2D eigenvalue weighted by molar-refractivity contribution is 7.98. The van der Waals surface area contributed by atoms with E-state index in [1.165, 1.54) is 20.9 Å². The number of aromatic nitrogens is 2. The molecular formula is C30H26Cl2N3OS2+. The third-order valence-corrected chi connectivity index (χ3v) is 9.84. The molecule has 5 aromatic rings. The molecular weight excluding hydrogens is 553 g/mol. The van der Waals surface area contributed by atoms with Crippen LogP contribution in [0.2, 0.25) is 10.0 Å². The van der Waals surface area contributed by atoms with Gasteiger partial charge in [0, 0.05) is 17.7 Å². The highest BCUT2D eigenvalue weighted by atomic mass is 35.5. The zero-order valence-corrected chi connectivity index (χ0v) is 23.8. The molecule has 1 aliphatic rings. The summed E-state index contributed by atoms with van der Waals surface area (Å²) in [5.41, 5.74) is 4.71. The smallest absolute Gasteiger partial charge is 0.263 e. The molecule has 0 saturated heterocycles. The fraction of sp³-hybridized carbons (Fsp3) is 0.200. The molecule has 1 atom stereocenters. The van der Waals surface area contributed by atoms with Gasteiger partial charge in [0.1, 0.15) is 17.9 Å². The van der Waals surface area contributed by atoms with Crippen molar-refractivity contribution in [3.8, 4) is 0 Å². The lowest BCUT2D eigenvalue weighted by molar-refractivity contribution is -0.929. The van der Waals surface area contributed by atoms with Crippen molar-refractivity contribution in [1.82, 2.24) is 9.55 Å². The van der Waals surface area contributed by atoms with Gasteiger partial charge in [-0.05, 0) is 28.8 Å². The van der Waals surface area contributed by atoms with Gasteiger partial charge in [0.2, 0.25) is 0 Å². The van der Waals surface area contributed by atoms with Gasteiger partial charge in [0.15, 0.2) is 5.16 Å². The largest absolute Gasteiger partial charge is 0.326 e. The van der Waals surface area contributed by atoms with E-state index < -0.39 is 0 Å². The SMILES string of the molecule is O=c1c2c3c(sc2nc(SCc2ccc(Cl)c(Cl)c2)n1Cc1ccccc1)C[NH+](Cc1ccccc1)CC3. The maximum atomic E-state index is 14.0. The van der Waals surface area contributed by atoms with E-state index in [1.807, 2.05) is 41.0 Å². The predicted molar refractivity (Wildman–Crippen MR) is 159 cm³/mol. The van der Waals surface area contributed by atoms with Crippen LogP contribution in [0.3, 0.4) is 0 Å². The van der Waals surface area contributed by atoms with Gasteiger partial charge in [-0.3, -0.25) is 9.36 Å². The number of nitrogens with one attached hydrogen (secondary N) is 1. The summed E-state index contributed by atoms with van der Waals surface area (Å²) >= 11 is 15.6. The molecule has 4 nitrogen and oxygen atoms in total.